The monoisotopic (exact) mass is 237 g/mol. The molecule has 90 valence electrons. The van der Waals surface area contributed by atoms with Crippen molar-refractivity contribution in [2.75, 3.05) is 6.54 Å². The highest BCUT2D eigenvalue weighted by Gasteiger charge is 2.22. The predicted molar refractivity (Wildman–Crippen MR) is 72.6 cm³/mol. The first-order valence-electron chi connectivity index (χ1n) is 6.38. The normalized spacial score (nSPS) is 19.0. The molecule has 2 aromatic heterocycles. The average molecular weight is 237 g/mol. The zero-order valence-electron chi connectivity index (χ0n) is 10.0. The van der Waals surface area contributed by atoms with Gasteiger partial charge in [-0.15, -0.1) is 0 Å². The lowest BCUT2D eigenvalue weighted by molar-refractivity contribution is 0.569. The van der Waals surface area contributed by atoms with Gasteiger partial charge < -0.3 is 15.3 Å². The van der Waals surface area contributed by atoms with E-state index in [9.17, 15) is 0 Å². The fourth-order valence-electron chi connectivity index (χ4n) is 2.92. The molecule has 1 aliphatic rings. The number of hydrogen-bond acceptors (Lipinski definition) is 1. The Morgan fingerprint density at radius 1 is 1.11 bits per heavy atom. The third-order valence-corrected chi connectivity index (χ3v) is 3.82. The van der Waals surface area contributed by atoms with Gasteiger partial charge in [0.1, 0.15) is 0 Å². The van der Waals surface area contributed by atoms with Crippen molar-refractivity contribution < 1.29 is 0 Å². The molecular weight excluding hydrogens is 222 g/mol. The molecule has 1 aliphatic heterocycles. The Morgan fingerprint density at radius 2 is 2.11 bits per heavy atom. The largest absolute Gasteiger partial charge is 0.367 e. The maximum Gasteiger partial charge on any atom is 0.0595 e. The topological polar surface area (TPSA) is 43.6 Å². The van der Waals surface area contributed by atoms with Crippen molar-refractivity contribution in [1.29, 1.82) is 0 Å². The molecule has 3 nitrogen and oxygen atoms in total. The molecule has 0 bridgehead atoms. The molecule has 4 rings (SSSR count). The second-order valence-corrected chi connectivity index (χ2v) is 4.90. The van der Waals surface area contributed by atoms with Crippen LogP contribution in [-0.4, -0.2) is 16.5 Å². The van der Waals surface area contributed by atoms with E-state index in [1.165, 1.54) is 27.6 Å². The minimum atomic E-state index is 0.313. The van der Waals surface area contributed by atoms with Crippen molar-refractivity contribution in [2.24, 2.45) is 0 Å². The molecule has 0 amide bonds. The quantitative estimate of drug-likeness (QED) is 0.598. The Morgan fingerprint density at radius 3 is 3.00 bits per heavy atom. The lowest BCUT2D eigenvalue weighted by Gasteiger charge is -2.26. The summed E-state index contributed by atoms with van der Waals surface area (Å²) in [6.45, 7) is 1.04. The van der Waals surface area contributed by atoms with Crippen molar-refractivity contribution in [1.82, 2.24) is 15.3 Å². The summed E-state index contributed by atoms with van der Waals surface area (Å²) in [4.78, 5) is 6.44. The van der Waals surface area contributed by atoms with Gasteiger partial charge in [0.15, 0.2) is 0 Å². The molecule has 3 heteroatoms. The summed E-state index contributed by atoms with van der Waals surface area (Å²) in [6, 6.07) is 9.21. The molecule has 1 atom stereocenters. The van der Waals surface area contributed by atoms with E-state index in [1.807, 2.05) is 12.4 Å². The second kappa shape index (κ2) is 3.75. The summed E-state index contributed by atoms with van der Waals surface area (Å²) < 4.78 is 0. The predicted octanol–water partition coefficient (Wildman–Crippen LogP) is 2.73. The number of aromatic nitrogens is 2. The first-order chi connectivity index (χ1) is 8.92. The van der Waals surface area contributed by atoms with Crippen LogP contribution in [0.2, 0.25) is 0 Å². The number of rotatable bonds is 1. The fourth-order valence-corrected chi connectivity index (χ4v) is 2.92. The van der Waals surface area contributed by atoms with Crippen LogP contribution >= 0.6 is 0 Å². The smallest absolute Gasteiger partial charge is 0.0595 e. The zero-order valence-corrected chi connectivity index (χ0v) is 10.0. The second-order valence-electron chi connectivity index (χ2n) is 4.90. The standard InChI is InChI=1S/C15H15N3/c1-4-16-9-12(1)15-13-8-14-11(3-5-17-14)7-10(13)2-6-18-15/h1,3-5,7-9,15-18H,2,6H2. The molecule has 0 fully saturated rings. The number of hydrogen-bond donors (Lipinski definition) is 3. The summed E-state index contributed by atoms with van der Waals surface area (Å²) in [6.07, 6.45) is 7.18. The van der Waals surface area contributed by atoms with Crippen LogP contribution in [0, 0.1) is 0 Å². The highest BCUT2D eigenvalue weighted by atomic mass is 14.9. The molecule has 1 unspecified atom stereocenters. The molecule has 3 aromatic rings. The number of benzene rings is 1. The maximum absolute atomic E-state index is 3.60. The van der Waals surface area contributed by atoms with Gasteiger partial charge in [-0.25, -0.2) is 0 Å². The molecule has 0 saturated carbocycles. The van der Waals surface area contributed by atoms with E-state index in [0.717, 1.165) is 13.0 Å². The van der Waals surface area contributed by atoms with Gasteiger partial charge in [-0.2, -0.15) is 0 Å². The van der Waals surface area contributed by atoms with Crippen LogP contribution in [0.1, 0.15) is 22.7 Å². The van der Waals surface area contributed by atoms with Gasteiger partial charge >= 0.3 is 0 Å². The first kappa shape index (κ1) is 9.97. The summed E-state index contributed by atoms with van der Waals surface area (Å²) in [5, 5.41) is 4.91. The van der Waals surface area contributed by atoms with Gasteiger partial charge in [0.25, 0.3) is 0 Å². The number of nitrogens with one attached hydrogen (secondary N) is 3. The lowest BCUT2D eigenvalue weighted by Crippen LogP contribution is -2.30. The Kier molecular flexibility index (Phi) is 2.08. The molecule has 3 heterocycles. The van der Waals surface area contributed by atoms with Crippen molar-refractivity contribution >= 4 is 10.9 Å². The van der Waals surface area contributed by atoms with Gasteiger partial charge in [-0.3, -0.25) is 0 Å². The van der Waals surface area contributed by atoms with Crippen molar-refractivity contribution in [2.45, 2.75) is 12.5 Å². The molecular formula is C15H15N3. The minimum absolute atomic E-state index is 0.313. The Balaban J connectivity index is 1.91. The van der Waals surface area contributed by atoms with Crippen LogP contribution in [0.4, 0.5) is 0 Å². The van der Waals surface area contributed by atoms with Crippen molar-refractivity contribution in [3.63, 3.8) is 0 Å². The van der Waals surface area contributed by atoms with E-state index >= 15 is 0 Å². The third kappa shape index (κ3) is 1.41. The van der Waals surface area contributed by atoms with Crippen LogP contribution in [0.15, 0.2) is 42.9 Å². The van der Waals surface area contributed by atoms with Crippen LogP contribution in [-0.2, 0) is 6.42 Å². The molecule has 3 N–H and O–H groups in total. The van der Waals surface area contributed by atoms with E-state index in [4.69, 9.17) is 0 Å². The number of aromatic amines is 2. The van der Waals surface area contributed by atoms with Crippen LogP contribution in [0.25, 0.3) is 10.9 Å². The zero-order chi connectivity index (χ0) is 11.9. The summed E-state index contributed by atoms with van der Waals surface area (Å²) in [5.74, 6) is 0. The van der Waals surface area contributed by atoms with Gasteiger partial charge in [0.05, 0.1) is 6.04 Å². The molecule has 0 aliphatic carbocycles. The lowest BCUT2D eigenvalue weighted by atomic mass is 9.90. The number of H-pyrrole nitrogens is 2. The fraction of sp³-hybridized carbons (Fsp3) is 0.200. The average Bonchev–Trinajstić information content (AvgIpc) is 3.06. The maximum atomic E-state index is 3.60. The molecule has 1 aromatic carbocycles. The van der Waals surface area contributed by atoms with E-state index in [1.54, 1.807) is 0 Å². The van der Waals surface area contributed by atoms with Gasteiger partial charge in [-0.05, 0) is 52.8 Å². The van der Waals surface area contributed by atoms with E-state index in [2.05, 4.69) is 45.7 Å². The highest BCUT2D eigenvalue weighted by molar-refractivity contribution is 5.81. The summed E-state index contributed by atoms with van der Waals surface area (Å²) in [5.41, 5.74) is 5.39. The Bertz CT molecular complexity index is 679. The Labute approximate surface area is 105 Å². The van der Waals surface area contributed by atoms with Gasteiger partial charge in [0.2, 0.25) is 0 Å². The van der Waals surface area contributed by atoms with Crippen LogP contribution < -0.4 is 5.32 Å². The minimum Gasteiger partial charge on any atom is -0.367 e. The SMILES string of the molecule is c1cc(C2NCCc3cc4cc[nH]c4cc32)c[nH]1. The van der Waals surface area contributed by atoms with E-state index < -0.39 is 0 Å². The van der Waals surface area contributed by atoms with E-state index in [-0.39, 0.29) is 0 Å². The van der Waals surface area contributed by atoms with Gasteiger partial charge in [0, 0.05) is 30.7 Å². The summed E-state index contributed by atoms with van der Waals surface area (Å²) >= 11 is 0. The van der Waals surface area contributed by atoms with Gasteiger partial charge in [-0.1, -0.05) is 0 Å². The summed E-state index contributed by atoms with van der Waals surface area (Å²) in [7, 11) is 0. The van der Waals surface area contributed by atoms with E-state index in [0.29, 0.717) is 6.04 Å². The molecule has 0 radical (unpaired) electrons. The number of fused-ring (bicyclic) bond motifs is 2. The Hall–Kier alpha value is -2.00. The highest BCUT2D eigenvalue weighted by Crippen LogP contribution is 2.31. The third-order valence-electron chi connectivity index (χ3n) is 3.82. The molecule has 0 spiro atoms. The first-order valence-corrected chi connectivity index (χ1v) is 6.38. The van der Waals surface area contributed by atoms with Crippen molar-refractivity contribution in [3.05, 3.63) is 59.5 Å². The molecule has 18 heavy (non-hydrogen) atoms. The molecule has 0 saturated heterocycles. The van der Waals surface area contributed by atoms with Crippen LogP contribution in [0.5, 0.6) is 0 Å². The van der Waals surface area contributed by atoms with Crippen LogP contribution in [0.3, 0.4) is 0 Å². The van der Waals surface area contributed by atoms with Crippen molar-refractivity contribution in [3.8, 4) is 0 Å².